The smallest absolute Gasteiger partial charge is 0.0849 e. The highest BCUT2D eigenvalue weighted by Gasteiger charge is 2.07. The van der Waals surface area contributed by atoms with Crippen molar-refractivity contribution in [3.05, 3.63) is 48.5 Å². The summed E-state index contributed by atoms with van der Waals surface area (Å²) in [5.41, 5.74) is 0. The maximum absolute atomic E-state index is 12.6. The normalized spacial score (nSPS) is 11.0. The van der Waals surface area contributed by atoms with Crippen molar-refractivity contribution in [3.8, 4) is 0 Å². The van der Waals surface area contributed by atoms with Gasteiger partial charge in [-0.2, -0.15) is 0 Å². The van der Waals surface area contributed by atoms with Gasteiger partial charge in [-0.25, -0.2) is 4.21 Å². The highest BCUT2D eigenvalue weighted by Crippen LogP contribution is 2.24. The van der Waals surface area contributed by atoms with Gasteiger partial charge in [-0.15, -0.1) is 23.5 Å². The molecule has 0 spiro atoms. The van der Waals surface area contributed by atoms with Crippen LogP contribution in [-0.2, 0) is 10.8 Å². The fourth-order valence-corrected chi connectivity index (χ4v) is 4.47. The number of thioether (sulfide) groups is 2. The maximum Gasteiger partial charge on any atom is 0.0849 e. The Labute approximate surface area is 144 Å². The molecule has 0 aliphatic heterocycles. The molecule has 0 aromatic heterocycles. The van der Waals surface area contributed by atoms with E-state index in [4.69, 9.17) is 0 Å². The highest BCUT2D eigenvalue weighted by molar-refractivity contribution is 7.99. The predicted octanol–water partition coefficient (Wildman–Crippen LogP) is 5.86. The lowest BCUT2D eigenvalue weighted by molar-refractivity contribution is 0.683. The van der Waals surface area contributed by atoms with E-state index < -0.39 is 10.8 Å². The van der Waals surface area contributed by atoms with Crippen molar-refractivity contribution in [3.63, 3.8) is 0 Å². The molecule has 2 rings (SSSR count). The summed E-state index contributed by atoms with van der Waals surface area (Å²) in [6.07, 6.45) is 2.33. The lowest BCUT2D eigenvalue weighted by Crippen LogP contribution is -1.92. The Morgan fingerprint density at radius 1 is 0.727 bits per heavy atom. The molecule has 0 aliphatic carbocycles. The third-order valence-electron chi connectivity index (χ3n) is 3.02. The van der Waals surface area contributed by atoms with Gasteiger partial charge in [0.15, 0.2) is 0 Å². The zero-order valence-electron chi connectivity index (χ0n) is 13.1. The van der Waals surface area contributed by atoms with Gasteiger partial charge >= 0.3 is 0 Å². The Hall–Kier alpha value is -0.710. The van der Waals surface area contributed by atoms with E-state index in [1.165, 1.54) is 22.6 Å². The predicted molar refractivity (Wildman–Crippen MR) is 99.6 cm³/mol. The van der Waals surface area contributed by atoms with Crippen molar-refractivity contribution < 1.29 is 4.21 Å². The number of hydrogen-bond donors (Lipinski definition) is 0. The molecular weight excluding hydrogens is 328 g/mol. The van der Waals surface area contributed by atoms with Crippen LogP contribution in [0.1, 0.15) is 26.7 Å². The molecular formula is C18H22OS3. The molecule has 0 amide bonds. The largest absolute Gasteiger partial charge is 0.249 e. The van der Waals surface area contributed by atoms with Crippen LogP contribution in [-0.4, -0.2) is 15.7 Å². The van der Waals surface area contributed by atoms with Crippen molar-refractivity contribution in [1.29, 1.82) is 0 Å². The summed E-state index contributed by atoms with van der Waals surface area (Å²) in [6, 6.07) is 16.2. The second kappa shape index (κ2) is 9.43. The molecule has 0 fully saturated rings. The van der Waals surface area contributed by atoms with Crippen molar-refractivity contribution in [1.82, 2.24) is 0 Å². The van der Waals surface area contributed by atoms with Gasteiger partial charge in [-0.1, -0.05) is 13.8 Å². The Bertz CT molecular complexity index is 537. The summed E-state index contributed by atoms with van der Waals surface area (Å²) in [7, 11) is -1.09. The number of benzene rings is 2. The van der Waals surface area contributed by atoms with Crippen LogP contribution < -0.4 is 0 Å². The van der Waals surface area contributed by atoms with Gasteiger partial charge in [-0.05, 0) is 72.9 Å². The van der Waals surface area contributed by atoms with E-state index in [1.807, 2.05) is 47.8 Å². The molecule has 0 atom stereocenters. The summed E-state index contributed by atoms with van der Waals surface area (Å²) in [5, 5.41) is 0. The summed E-state index contributed by atoms with van der Waals surface area (Å²) in [5.74, 6) is 2.25. The minimum absolute atomic E-state index is 0.870. The van der Waals surface area contributed by atoms with Crippen LogP contribution in [0.2, 0.25) is 0 Å². The van der Waals surface area contributed by atoms with E-state index in [0.29, 0.717) is 0 Å². The Kier molecular flexibility index (Phi) is 7.56. The molecule has 0 saturated heterocycles. The van der Waals surface area contributed by atoms with Crippen LogP contribution in [0.15, 0.2) is 68.1 Å². The van der Waals surface area contributed by atoms with E-state index in [-0.39, 0.29) is 0 Å². The zero-order valence-corrected chi connectivity index (χ0v) is 15.5. The quantitative estimate of drug-likeness (QED) is 0.555. The van der Waals surface area contributed by atoms with Gasteiger partial charge in [-0.3, -0.25) is 0 Å². The lowest BCUT2D eigenvalue weighted by atomic mass is 10.4. The van der Waals surface area contributed by atoms with Crippen molar-refractivity contribution >= 4 is 34.3 Å². The minimum atomic E-state index is -1.09. The Morgan fingerprint density at radius 3 is 1.41 bits per heavy atom. The first-order chi connectivity index (χ1) is 10.7. The molecule has 0 bridgehead atoms. The van der Waals surface area contributed by atoms with Crippen LogP contribution in [0.4, 0.5) is 0 Å². The molecule has 0 N–H and O–H groups in total. The monoisotopic (exact) mass is 350 g/mol. The van der Waals surface area contributed by atoms with Crippen molar-refractivity contribution in [2.45, 2.75) is 46.3 Å². The molecule has 22 heavy (non-hydrogen) atoms. The van der Waals surface area contributed by atoms with Crippen LogP contribution in [0.5, 0.6) is 0 Å². The van der Waals surface area contributed by atoms with E-state index in [2.05, 4.69) is 38.1 Å². The van der Waals surface area contributed by atoms with Gasteiger partial charge in [0.05, 0.1) is 10.8 Å². The average molecular weight is 351 g/mol. The third kappa shape index (κ3) is 5.18. The van der Waals surface area contributed by atoms with E-state index in [1.54, 1.807) is 0 Å². The second-order valence-corrected chi connectivity index (χ2v) is 8.73. The molecule has 0 aliphatic rings. The number of rotatable bonds is 8. The summed E-state index contributed by atoms with van der Waals surface area (Å²) in [4.78, 5) is 4.23. The van der Waals surface area contributed by atoms with E-state index in [9.17, 15) is 4.21 Å². The summed E-state index contributed by atoms with van der Waals surface area (Å²) in [6.45, 7) is 4.36. The number of hydrogen-bond acceptors (Lipinski definition) is 3. The Balaban J connectivity index is 2.04. The molecule has 4 heteroatoms. The van der Waals surface area contributed by atoms with E-state index >= 15 is 0 Å². The van der Waals surface area contributed by atoms with Gasteiger partial charge in [0.1, 0.15) is 0 Å². The zero-order chi connectivity index (χ0) is 15.8. The first-order valence-corrected chi connectivity index (χ1v) is 10.7. The first kappa shape index (κ1) is 17.6. The fourth-order valence-electron chi connectivity index (χ4n) is 1.89. The minimum Gasteiger partial charge on any atom is -0.249 e. The molecule has 0 saturated carbocycles. The van der Waals surface area contributed by atoms with Crippen LogP contribution in [0.25, 0.3) is 0 Å². The standard InChI is InChI=1S/C18H22OS3/c1-3-13-20-15-5-9-17(10-6-15)22(19)18-11-7-16(8-12-18)21-14-4-2/h5-12H,3-4,13-14H2,1-2H3. The van der Waals surface area contributed by atoms with Crippen LogP contribution in [0, 0.1) is 0 Å². The van der Waals surface area contributed by atoms with Crippen molar-refractivity contribution in [2.75, 3.05) is 11.5 Å². The summed E-state index contributed by atoms with van der Waals surface area (Å²) >= 11 is 3.69. The van der Waals surface area contributed by atoms with Crippen LogP contribution >= 0.6 is 23.5 Å². The summed E-state index contributed by atoms with van der Waals surface area (Å²) < 4.78 is 12.6. The fraction of sp³-hybridized carbons (Fsp3) is 0.333. The van der Waals surface area contributed by atoms with E-state index in [0.717, 1.165) is 21.3 Å². The van der Waals surface area contributed by atoms with Gasteiger partial charge < -0.3 is 0 Å². The van der Waals surface area contributed by atoms with Crippen molar-refractivity contribution in [2.24, 2.45) is 0 Å². The average Bonchev–Trinajstić information content (AvgIpc) is 2.58. The first-order valence-electron chi connectivity index (χ1n) is 7.62. The molecule has 0 unspecified atom stereocenters. The SMILES string of the molecule is CCCSc1ccc(S(=O)c2ccc(SCCC)cc2)cc1. The van der Waals surface area contributed by atoms with Gasteiger partial charge in [0, 0.05) is 19.6 Å². The molecule has 0 heterocycles. The topological polar surface area (TPSA) is 17.1 Å². The maximum atomic E-state index is 12.6. The Morgan fingerprint density at radius 2 is 1.09 bits per heavy atom. The molecule has 2 aromatic rings. The molecule has 0 radical (unpaired) electrons. The molecule has 2 aromatic carbocycles. The highest BCUT2D eigenvalue weighted by atomic mass is 32.2. The van der Waals surface area contributed by atoms with Crippen LogP contribution in [0.3, 0.4) is 0 Å². The second-order valence-electron chi connectivity index (χ2n) is 4.91. The lowest BCUT2D eigenvalue weighted by Gasteiger charge is -2.06. The molecule has 1 nitrogen and oxygen atoms in total. The van der Waals surface area contributed by atoms with Gasteiger partial charge in [0.2, 0.25) is 0 Å². The molecule has 118 valence electrons. The third-order valence-corrected chi connectivity index (χ3v) is 6.86. The van der Waals surface area contributed by atoms with Gasteiger partial charge in [0.25, 0.3) is 0 Å².